The molecule has 3 nitrogen and oxygen atoms in total. The van der Waals surface area contributed by atoms with Crippen LogP contribution in [0.1, 0.15) is 27.2 Å². The number of hydrogen-bond donors (Lipinski definition) is 2. The number of hydrogen-bond acceptors (Lipinski definition) is 2. The van der Waals surface area contributed by atoms with Crippen molar-refractivity contribution in [2.24, 2.45) is 0 Å². The zero-order valence-corrected chi connectivity index (χ0v) is 12.3. The maximum atomic E-state index is 5.20. The Morgan fingerprint density at radius 1 is 1.11 bits per heavy atom. The van der Waals surface area contributed by atoms with E-state index in [9.17, 15) is 0 Å². The SMILES string of the molecule is CCCNC(=S)Nc1ccc(N(CC)CC)cc1. The first-order chi connectivity index (χ1) is 8.71. The molecule has 0 amide bonds. The van der Waals surface area contributed by atoms with Crippen molar-refractivity contribution in [2.45, 2.75) is 27.2 Å². The molecule has 4 heteroatoms. The van der Waals surface area contributed by atoms with Gasteiger partial charge < -0.3 is 15.5 Å². The predicted octanol–water partition coefficient (Wildman–Crippen LogP) is 3.23. The van der Waals surface area contributed by atoms with Crippen LogP contribution < -0.4 is 15.5 Å². The number of benzene rings is 1. The molecule has 0 fully saturated rings. The lowest BCUT2D eigenvalue weighted by molar-refractivity contribution is 0.846. The van der Waals surface area contributed by atoms with Crippen molar-refractivity contribution in [3.63, 3.8) is 0 Å². The Bertz CT molecular complexity index is 358. The van der Waals surface area contributed by atoms with Gasteiger partial charge in [-0.2, -0.15) is 0 Å². The fraction of sp³-hybridized carbons (Fsp3) is 0.500. The van der Waals surface area contributed by atoms with Crippen LogP contribution in [0.5, 0.6) is 0 Å². The zero-order valence-electron chi connectivity index (χ0n) is 11.5. The van der Waals surface area contributed by atoms with E-state index in [2.05, 4.69) is 60.6 Å². The molecule has 0 heterocycles. The fourth-order valence-corrected chi connectivity index (χ4v) is 1.98. The maximum absolute atomic E-state index is 5.20. The van der Waals surface area contributed by atoms with E-state index in [0.717, 1.165) is 31.7 Å². The molecule has 100 valence electrons. The van der Waals surface area contributed by atoms with Crippen LogP contribution in [0.2, 0.25) is 0 Å². The van der Waals surface area contributed by atoms with Gasteiger partial charge in [0.25, 0.3) is 0 Å². The van der Waals surface area contributed by atoms with Crippen molar-refractivity contribution >= 4 is 28.7 Å². The topological polar surface area (TPSA) is 27.3 Å². The van der Waals surface area contributed by atoms with Crippen LogP contribution in [-0.4, -0.2) is 24.7 Å². The van der Waals surface area contributed by atoms with Crippen LogP contribution in [0.3, 0.4) is 0 Å². The summed E-state index contributed by atoms with van der Waals surface area (Å²) in [5.41, 5.74) is 2.28. The lowest BCUT2D eigenvalue weighted by Crippen LogP contribution is -2.28. The van der Waals surface area contributed by atoms with Gasteiger partial charge in [0.05, 0.1) is 0 Å². The normalized spacial score (nSPS) is 9.94. The average molecular weight is 265 g/mol. The fourth-order valence-electron chi connectivity index (χ4n) is 1.76. The minimum Gasteiger partial charge on any atom is -0.372 e. The quantitative estimate of drug-likeness (QED) is 0.772. The van der Waals surface area contributed by atoms with Gasteiger partial charge in [0, 0.05) is 31.0 Å². The molecule has 0 saturated heterocycles. The first kappa shape index (κ1) is 14.8. The molecule has 1 rings (SSSR count). The van der Waals surface area contributed by atoms with Crippen LogP contribution in [0, 0.1) is 0 Å². The Morgan fingerprint density at radius 2 is 1.72 bits per heavy atom. The third kappa shape index (κ3) is 4.53. The second-order valence-corrected chi connectivity index (χ2v) is 4.51. The van der Waals surface area contributed by atoms with Gasteiger partial charge in [0.1, 0.15) is 0 Å². The molecule has 2 N–H and O–H groups in total. The standard InChI is InChI=1S/C14H23N3S/c1-4-11-15-14(18)16-12-7-9-13(10-8-12)17(5-2)6-3/h7-10H,4-6,11H2,1-3H3,(H2,15,16,18). The smallest absolute Gasteiger partial charge is 0.170 e. The van der Waals surface area contributed by atoms with Gasteiger partial charge >= 0.3 is 0 Å². The van der Waals surface area contributed by atoms with Gasteiger partial charge in [-0.25, -0.2) is 0 Å². The number of rotatable bonds is 6. The number of nitrogens with one attached hydrogen (secondary N) is 2. The number of nitrogens with zero attached hydrogens (tertiary/aromatic N) is 1. The van der Waals surface area contributed by atoms with E-state index in [-0.39, 0.29) is 0 Å². The lowest BCUT2D eigenvalue weighted by atomic mass is 10.2. The van der Waals surface area contributed by atoms with Crippen LogP contribution in [0.15, 0.2) is 24.3 Å². The van der Waals surface area contributed by atoms with Crippen molar-refractivity contribution in [3.05, 3.63) is 24.3 Å². The molecule has 0 aromatic heterocycles. The average Bonchev–Trinajstić information content (AvgIpc) is 2.40. The highest BCUT2D eigenvalue weighted by Crippen LogP contribution is 2.17. The maximum Gasteiger partial charge on any atom is 0.170 e. The Balaban J connectivity index is 2.57. The summed E-state index contributed by atoms with van der Waals surface area (Å²) < 4.78 is 0. The van der Waals surface area contributed by atoms with Crippen molar-refractivity contribution in [1.82, 2.24) is 5.32 Å². The predicted molar refractivity (Wildman–Crippen MR) is 84.5 cm³/mol. The summed E-state index contributed by atoms with van der Waals surface area (Å²) in [5.74, 6) is 0. The molecule has 0 atom stereocenters. The molecular weight excluding hydrogens is 242 g/mol. The van der Waals surface area contributed by atoms with Crippen LogP contribution in [0.25, 0.3) is 0 Å². The Morgan fingerprint density at radius 3 is 2.22 bits per heavy atom. The molecule has 18 heavy (non-hydrogen) atoms. The van der Waals surface area contributed by atoms with Gasteiger partial charge in [-0.15, -0.1) is 0 Å². The highest BCUT2D eigenvalue weighted by molar-refractivity contribution is 7.80. The molecular formula is C14H23N3S. The second kappa shape index (κ2) is 7.93. The highest BCUT2D eigenvalue weighted by Gasteiger charge is 2.02. The largest absolute Gasteiger partial charge is 0.372 e. The monoisotopic (exact) mass is 265 g/mol. The molecule has 0 aliphatic carbocycles. The van der Waals surface area contributed by atoms with Gasteiger partial charge in [-0.1, -0.05) is 6.92 Å². The molecule has 0 bridgehead atoms. The van der Waals surface area contributed by atoms with Crippen molar-refractivity contribution in [2.75, 3.05) is 29.9 Å². The van der Waals surface area contributed by atoms with Crippen LogP contribution in [0.4, 0.5) is 11.4 Å². The first-order valence-electron chi connectivity index (χ1n) is 6.61. The van der Waals surface area contributed by atoms with Gasteiger partial charge in [0.15, 0.2) is 5.11 Å². The highest BCUT2D eigenvalue weighted by atomic mass is 32.1. The lowest BCUT2D eigenvalue weighted by Gasteiger charge is -2.21. The Labute approximate surface area is 116 Å². The molecule has 0 aliphatic heterocycles. The van der Waals surface area contributed by atoms with E-state index >= 15 is 0 Å². The first-order valence-corrected chi connectivity index (χ1v) is 7.01. The molecule has 1 aromatic carbocycles. The summed E-state index contributed by atoms with van der Waals surface area (Å²) in [4.78, 5) is 2.32. The summed E-state index contributed by atoms with van der Waals surface area (Å²) in [6.45, 7) is 9.41. The van der Waals surface area contributed by atoms with E-state index in [4.69, 9.17) is 12.2 Å². The summed E-state index contributed by atoms with van der Waals surface area (Å²) in [6, 6.07) is 8.37. The van der Waals surface area contributed by atoms with E-state index in [0.29, 0.717) is 5.11 Å². The van der Waals surface area contributed by atoms with E-state index in [1.54, 1.807) is 0 Å². The number of anilines is 2. The zero-order chi connectivity index (χ0) is 13.4. The third-order valence-electron chi connectivity index (χ3n) is 2.79. The van der Waals surface area contributed by atoms with Gasteiger partial charge in [0.2, 0.25) is 0 Å². The Hall–Kier alpha value is -1.29. The summed E-state index contributed by atoms with van der Waals surface area (Å²) in [5, 5.41) is 7.02. The van der Waals surface area contributed by atoms with Crippen molar-refractivity contribution in [3.8, 4) is 0 Å². The Kier molecular flexibility index (Phi) is 6.50. The number of thiocarbonyl (C=S) groups is 1. The molecule has 0 aliphatic rings. The molecule has 0 saturated carbocycles. The minimum absolute atomic E-state index is 0.687. The molecule has 0 unspecified atom stereocenters. The van der Waals surface area contributed by atoms with Gasteiger partial charge in [-0.3, -0.25) is 0 Å². The molecule has 0 radical (unpaired) electrons. The molecule has 0 spiro atoms. The van der Waals surface area contributed by atoms with Crippen molar-refractivity contribution in [1.29, 1.82) is 0 Å². The summed E-state index contributed by atoms with van der Waals surface area (Å²) in [7, 11) is 0. The molecule has 1 aromatic rings. The van der Waals surface area contributed by atoms with Crippen molar-refractivity contribution < 1.29 is 0 Å². The van der Waals surface area contributed by atoms with Crippen LogP contribution >= 0.6 is 12.2 Å². The van der Waals surface area contributed by atoms with E-state index < -0.39 is 0 Å². The van der Waals surface area contributed by atoms with E-state index in [1.165, 1.54) is 5.69 Å². The summed E-state index contributed by atoms with van der Waals surface area (Å²) >= 11 is 5.20. The van der Waals surface area contributed by atoms with Crippen LogP contribution in [-0.2, 0) is 0 Å². The minimum atomic E-state index is 0.687. The van der Waals surface area contributed by atoms with E-state index in [1.807, 2.05) is 0 Å². The second-order valence-electron chi connectivity index (χ2n) is 4.10. The van der Waals surface area contributed by atoms with Gasteiger partial charge in [-0.05, 0) is 56.8 Å². The third-order valence-corrected chi connectivity index (χ3v) is 3.04. The summed E-state index contributed by atoms with van der Waals surface area (Å²) in [6.07, 6.45) is 1.07.